The van der Waals surface area contributed by atoms with Gasteiger partial charge in [0.1, 0.15) is 0 Å². The molecule has 0 aromatic rings. The highest BCUT2D eigenvalue weighted by atomic mass is 31.2. The SMILES string of the molecule is CC(N)(P(=O)(O[Si](C)(C)C)O[Si](C)(C)C)P(=O)(O[Si](C)(C)C)O[Si](C)(C)C. The van der Waals surface area contributed by atoms with Crippen molar-refractivity contribution in [1.82, 2.24) is 0 Å². The Bertz CT molecular complexity index is 525. The lowest BCUT2D eigenvalue weighted by Gasteiger charge is -2.45. The molecule has 27 heavy (non-hydrogen) atoms. The fourth-order valence-corrected chi connectivity index (χ4v) is 20.1. The second-order valence-electron chi connectivity index (χ2n) is 10.9. The highest BCUT2D eigenvalue weighted by molar-refractivity contribution is 7.76. The minimum atomic E-state index is -4.03. The Morgan fingerprint density at radius 1 is 0.556 bits per heavy atom. The molecule has 0 heterocycles. The van der Waals surface area contributed by atoms with Gasteiger partial charge in [-0.15, -0.1) is 0 Å². The molecule has 2 N–H and O–H groups in total. The van der Waals surface area contributed by atoms with E-state index in [0.29, 0.717) is 0 Å². The highest BCUT2D eigenvalue weighted by Crippen LogP contribution is 2.77. The zero-order valence-corrected chi connectivity index (χ0v) is 25.2. The van der Waals surface area contributed by atoms with Crippen molar-refractivity contribution in [2.45, 2.75) is 90.5 Å². The number of hydrogen-bond acceptors (Lipinski definition) is 7. The summed E-state index contributed by atoms with van der Waals surface area (Å²) in [6, 6.07) is 0. The van der Waals surface area contributed by atoms with E-state index in [0.717, 1.165) is 0 Å². The van der Waals surface area contributed by atoms with Crippen LogP contribution in [0.1, 0.15) is 6.92 Å². The normalized spacial score (nSPS) is 15.9. The Hall–Kier alpha value is 1.13. The third-order valence-corrected chi connectivity index (χ3v) is 19.0. The third-order valence-electron chi connectivity index (χ3n) is 2.69. The first-order valence-corrected chi connectivity index (χ1v) is 25.9. The molecular weight excluding hydrogens is 452 g/mol. The zero-order valence-electron chi connectivity index (χ0n) is 19.4. The average Bonchev–Trinajstić information content (AvgIpc) is 2.16. The van der Waals surface area contributed by atoms with E-state index in [9.17, 15) is 9.13 Å². The van der Waals surface area contributed by atoms with Gasteiger partial charge in [-0.1, -0.05) is 0 Å². The second kappa shape index (κ2) is 8.34. The Morgan fingerprint density at radius 3 is 0.815 bits per heavy atom. The first kappa shape index (κ1) is 28.1. The van der Waals surface area contributed by atoms with Crippen LogP contribution in [0.4, 0.5) is 0 Å². The molecule has 0 aromatic heterocycles. The van der Waals surface area contributed by atoms with Crippen molar-refractivity contribution in [2.75, 3.05) is 0 Å². The minimum Gasteiger partial charge on any atom is -0.350 e. The van der Waals surface area contributed by atoms with Crippen molar-refractivity contribution in [3.8, 4) is 0 Å². The molecule has 0 bridgehead atoms. The molecule has 0 amide bonds. The number of rotatable bonds is 10. The molecule has 0 atom stereocenters. The van der Waals surface area contributed by atoms with E-state index in [4.69, 9.17) is 22.6 Å². The van der Waals surface area contributed by atoms with Crippen LogP contribution in [0, 0.1) is 0 Å². The largest absolute Gasteiger partial charge is 0.350 e. The maximum atomic E-state index is 14.1. The van der Waals surface area contributed by atoms with Crippen LogP contribution in [-0.2, 0) is 26.0 Å². The smallest absolute Gasteiger partial charge is 0.343 e. The van der Waals surface area contributed by atoms with Crippen LogP contribution < -0.4 is 5.73 Å². The van der Waals surface area contributed by atoms with Crippen molar-refractivity contribution in [3.05, 3.63) is 0 Å². The molecule has 0 fully saturated rings. The van der Waals surface area contributed by atoms with Gasteiger partial charge in [-0.25, -0.2) is 0 Å². The van der Waals surface area contributed by atoms with Crippen molar-refractivity contribution < 1.29 is 26.0 Å². The standard InChI is InChI=1S/C14H41NO6P2Si4/c1-14(15,22(16,18-24(2,3)4)19-25(5,6)7)23(17,20-26(8,9)10)21-27(11,12)13/h15H2,1-13H3. The topological polar surface area (TPSA) is 97.1 Å². The number of hydrogen-bond donors (Lipinski definition) is 1. The Balaban J connectivity index is 6.59. The summed E-state index contributed by atoms with van der Waals surface area (Å²) in [6.07, 6.45) is 0. The molecule has 0 aliphatic heterocycles. The van der Waals surface area contributed by atoms with Crippen molar-refractivity contribution in [1.29, 1.82) is 0 Å². The van der Waals surface area contributed by atoms with E-state index < -0.39 is 53.5 Å². The van der Waals surface area contributed by atoms with E-state index in [1.165, 1.54) is 6.92 Å². The summed E-state index contributed by atoms with van der Waals surface area (Å²) in [4.78, 5) is 0. The summed E-state index contributed by atoms with van der Waals surface area (Å²) >= 11 is 0. The predicted molar refractivity (Wildman–Crippen MR) is 126 cm³/mol. The van der Waals surface area contributed by atoms with Crippen LogP contribution in [-0.4, -0.2) is 38.3 Å². The van der Waals surface area contributed by atoms with Crippen molar-refractivity contribution >= 4 is 48.5 Å². The van der Waals surface area contributed by atoms with Gasteiger partial charge in [-0.2, -0.15) is 0 Å². The Morgan fingerprint density at radius 2 is 0.704 bits per heavy atom. The summed E-state index contributed by atoms with van der Waals surface area (Å²) in [6.45, 7) is 24.2. The van der Waals surface area contributed by atoms with Gasteiger partial charge < -0.3 is 22.6 Å². The van der Waals surface area contributed by atoms with E-state index in [2.05, 4.69) is 0 Å². The minimum absolute atomic E-state index is 1.44. The summed E-state index contributed by atoms with van der Waals surface area (Å²) in [7, 11) is -17.5. The molecule has 0 aliphatic rings. The molecular formula is C14H41NO6P2Si4. The molecule has 0 rings (SSSR count). The molecule has 0 saturated heterocycles. The van der Waals surface area contributed by atoms with Crippen LogP contribution in [0.5, 0.6) is 0 Å². The molecule has 164 valence electrons. The van der Waals surface area contributed by atoms with Gasteiger partial charge in [-0.3, -0.25) is 9.13 Å². The fourth-order valence-electron chi connectivity index (χ4n) is 2.00. The number of nitrogens with two attached hydrogens (primary N) is 1. The van der Waals surface area contributed by atoms with Gasteiger partial charge in [-0.05, 0) is 85.5 Å². The van der Waals surface area contributed by atoms with Gasteiger partial charge in [0.2, 0.25) is 5.02 Å². The van der Waals surface area contributed by atoms with Crippen LogP contribution in [0.2, 0.25) is 78.6 Å². The Kier molecular flexibility index (Phi) is 8.69. The lowest BCUT2D eigenvalue weighted by Crippen LogP contribution is -2.47. The molecule has 0 saturated carbocycles. The van der Waals surface area contributed by atoms with E-state index in [1.54, 1.807) is 0 Å². The summed E-state index contributed by atoms with van der Waals surface area (Å²) in [5, 5.41) is -1.90. The van der Waals surface area contributed by atoms with Crippen molar-refractivity contribution in [2.24, 2.45) is 5.73 Å². The first-order valence-electron chi connectivity index (χ1n) is 9.15. The second-order valence-corrected chi connectivity index (χ2v) is 34.9. The van der Waals surface area contributed by atoms with E-state index in [1.807, 2.05) is 78.6 Å². The van der Waals surface area contributed by atoms with E-state index in [-0.39, 0.29) is 0 Å². The van der Waals surface area contributed by atoms with Crippen LogP contribution in [0.25, 0.3) is 0 Å². The summed E-state index contributed by atoms with van der Waals surface area (Å²) in [5.41, 5.74) is 6.57. The lowest BCUT2D eigenvalue weighted by atomic mass is 10.8. The summed E-state index contributed by atoms with van der Waals surface area (Å²) in [5.74, 6) is 0. The average molecular weight is 494 g/mol. The van der Waals surface area contributed by atoms with Crippen LogP contribution >= 0.6 is 15.2 Å². The molecule has 0 spiro atoms. The molecule has 7 nitrogen and oxygen atoms in total. The third kappa shape index (κ3) is 9.21. The van der Waals surface area contributed by atoms with E-state index >= 15 is 0 Å². The molecule has 0 radical (unpaired) electrons. The first-order chi connectivity index (χ1) is 11.3. The summed E-state index contributed by atoms with van der Waals surface area (Å²) < 4.78 is 52.3. The molecule has 0 unspecified atom stereocenters. The maximum Gasteiger partial charge on any atom is 0.343 e. The fraction of sp³-hybridized carbons (Fsp3) is 1.00. The maximum absolute atomic E-state index is 14.1. The van der Waals surface area contributed by atoms with Crippen LogP contribution in [0.3, 0.4) is 0 Å². The lowest BCUT2D eigenvalue weighted by molar-refractivity contribution is 0.327. The van der Waals surface area contributed by atoms with Crippen LogP contribution in [0.15, 0.2) is 0 Å². The van der Waals surface area contributed by atoms with Gasteiger partial charge in [0.15, 0.2) is 33.3 Å². The molecule has 0 aliphatic carbocycles. The quantitative estimate of drug-likeness (QED) is 0.277. The van der Waals surface area contributed by atoms with Gasteiger partial charge in [0.05, 0.1) is 0 Å². The van der Waals surface area contributed by atoms with Crippen molar-refractivity contribution in [3.63, 3.8) is 0 Å². The predicted octanol–water partition coefficient (Wildman–Crippen LogP) is 6.41. The Labute approximate surface area is 170 Å². The van der Waals surface area contributed by atoms with Gasteiger partial charge >= 0.3 is 15.2 Å². The molecule has 13 heteroatoms. The highest BCUT2D eigenvalue weighted by Gasteiger charge is 2.63. The zero-order chi connectivity index (χ0) is 22.3. The molecule has 0 aromatic carbocycles. The monoisotopic (exact) mass is 493 g/mol. The van der Waals surface area contributed by atoms with Gasteiger partial charge in [0, 0.05) is 0 Å². The van der Waals surface area contributed by atoms with Gasteiger partial charge in [0.25, 0.3) is 0 Å².